The molecule has 1 aromatic heterocycles. The normalized spacial score (nSPS) is 10.5. The van der Waals surface area contributed by atoms with Gasteiger partial charge in [0.25, 0.3) is 5.91 Å². The van der Waals surface area contributed by atoms with Gasteiger partial charge in [-0.15, -0.1) is 0 Å². The lowest BCUT2D eigenvalue weighted by Gasteiger charge is -2.04. The molecule has 0 saturated carbocycles. The van der Waals surface area contributed by atoms with E-state index in [9.17, 15) is 9.18 Å². The number of aromatic nitrogens is 2. The van der Waals surface area contributed by atoms with Crippen LogP contribution in [0.4, 0.5) is 4.39 Å². The van der Waals surface area contributed by atoms with Gasteiger partial charge in [-0.05, 0) is 17.7 Å². The highest BCUT2D eigenvalue weighted by Gasteiger charge is 2.06. The molecule has 6 heteroatoms. The van der Waals surface area contributed by atoms with E-state index in [0.29, 0.717) is 22.7 Å². The summed E-state index contributed by atoms with van der Waals surface area (Å²) < 4.78 is 14.3. The molecule has 0 radical (unpaired) electrons. The van der Waals surface area contributed by atoms with Gasteiger partial charge in [0.15, 0.2) is 0 Å². The Morgan fingerprint density at radius 1 is 1.53 bits per heavy atom. The predicted molar refractivity (Wildman–Crippen MR) is 61.3 cm³/mol. The number of hydrogen-bond acceptors (Lipinski definition) is 2. The molecule has 0 fully saturated rings. The predicted octanol–water partition coefficient (Wildman–Crippen LogP) is 1.82. The molecule has 2 N–H and O–H groups in total. The van der Waals surface area contributed by atoms with E-state index in [1.54, 1.807) is 6.07 Å². The van der Waals surface area contributed by atoms with Crippen LogP contribution in [0.15, 0.2) is 30.6 Å². The first kappa shape index (κ1) is 11.6. The number of halogens is 2. The molecule has 4 nitrogen and oxygen atoms in total. The Morgan fingerprint density at radius 2 is 2.29 bits per heavy atom. The molecule has 0 atom stereocenters. The van der Waals surface area contributed by atoms with Crippen molar-refractivity contribution in [3.8, 4) is 0 Å². The Bertz CT molecular complexity index is 568. The highest BCUT2D eigenvalue weighted by Crippen LogP contribution is 2.18. The van der Waals surface area contributed by atoms with Crippen LogP contribution in [0.1, 0.15) is 15.9 Å². The summed E-state index contributed by atoms with van der Waals surface area (Å²) in [5.41, 5.74) is 6.14. The van der Waals surface area contributed by atoms with Crippen molar-refractivity contribution in [3.05, 3.63) is 52.6 Å². The van der Waals surface area contributed by atoms with Crippen molar-refractivity contribution in [1.82, 2.24) is 9.78 Å². The second-order valence-electron chi connectivity index (χ2n) is 3.53. The van der Waals surface area contributed by atoms with Crippen molar-refractivity contribution < 1.29 is 9.18 Å². The fourth-order valence-electron chi connectivity index (χ4n) is 1.40. The number of amides is 1. The van der Waals surface area contributed by atoms with Crippen LogP contribution < -0.4 is 5.73 Å². The van der Waals surface area contributed by atoms with Crippen molar-refractivity contribution in [3.63, 3.8) is 0 Å². The highest BCUT2D eigenvalue weighted by atomic mass is 35.5. The minimum absolute atomic E-state index is 0.320. The second kappa shape index (κ2) is 4.55. The SMILES string of the molecule is NC(=O)c1cnn(Cc2ccc(F)cc2Cl)c1. The molecule has 1 aromatic carbocycles. The first-order chi connectivity index (χ1) is 8.06. The number of benzene rings is 1. The molecular formula is C11H9ClFN3O. The van der Waals surface area contributed by atoms with Crippen LogP contribution in [0, 0.1) is 5.82 Å². The highest BCUT2D eigenvalue weighted by molar-refractivity contribution is 6.31. The summed E-state index contributed by atoms with van der Waals surface area (Å²) in [5, 5.41) is 4.28. The van der Waals surface area contributed by atoms with Crippen LogP contribution in [-0.2, 0) is 6.54 Å². The minimum atomic E-state index is -0.540. The zero-order chi connectivity index (χ0) is 12.4. The number of nitrogens with two attached hydrogens (primary N) is 1. The summed E-state index contributed by atoms with van der Waals surface area (Å²) in [6.07, 6.45) is 2.89. The van der Waals surface area contributed by atoms with E-state index >= 15 is 0 Å². The molecule has 0 aliphatic heterocycles. The molecule has 2 rings (SSSR count). The molecule has 2 aromatic rings. The fourth-order valence-corrected chi connectivity index (χ4v) is 1.63. The molecule has 1 heterocycles. The molecule has 0 saturated heterocycles. The molecular weight excluding hydrogens is 245 g/mol. The standard InChI is InChI=1S/C11H9ClFN3O/c12-10-3-9(13)2-1-7(10)5-16-6-8(4-15-16)11(14)17/h1-4,6H,5H2,(H2,14,17). The molecule has 17 heavy (non-hydrogen) atoms. The summed E-state index contributed by atoms with van der Waals surface area (Å²) in [7, 11) is 0. The molecule has 0 bridgehead atoms. The lowest BCUT2D eigenvalue weighted by molar-refractivity contribution is 0.1000. The van der Waals surface area contributed by atoms with Gasteiger partial charge in [0.05, 0.1) is 18.3 Å². The van der Waals surface area contributed by atoms with Gasteiger partial charge in [-0.2, -0.15) is 5.10 Å². The third-order valence-corrected chi connectivity index (χ3v) is 2.62. The van der Waals surface area contributed by atoms with E-state index in [4.69, 9.17) is 17.3 Å². The van der Waals surface area contributed by atoms with E-state index in [1.165, 1.54) is 29.2 Å². The van der Waals surface area contributed by atoms with Crippen LogP contribution >= 0.6 is 11.6 Å². The van der Waals surface area contributed by atoms with Crippen molar-refractivity contribution in [2.45, 2.75) is 6.54 Å². The first-order valence-corrected chi connectivity index (χ1v) is 5.20. The van der Waals surface area contributed by atoms with Crippen LogP contribution in [0.25, 0.3) is 0 Å². The summed E-state index contributed by atoms with van der Waals surface area (Å²) in [6.45, 7) is 0.354. The Labute approximate surface area is 102 Å². The van der Waals surface area contributed by atoms with Crippen LogP contribution in [0.2, 0.25) is 5.02 Å². The molecule has 1 amide bonds. The molecule has 0 aliphatic rings. The van der Waals surface area contributed by atoms with E-state index in [-0.39, 0.29) is 0 Å². The van der Waals surface area contributed by atoms with Crippen molar-refractivity contribution >= 4 is 17.5 Å². The number of primary amides is 1. The van der Waals surface area contributed by atoms with Crippen molar-refractivity contribution in [2.24, 2.45) is 5.73 Å². The number of nitrogens with zero attached hydrogens (tertiary/aromatic N) is 2. The van der Waals surface area contributed by atoms with E-state index in [0.717, 1.165) is 0 Å². The van der Waals surface area contributed by atoms with Gasteiger partial charge in [-0.25, -0.2) is 4.39 Å². The average molecular weight is 254 g/mol. The van der Waals surface area contributed by atoms with Crippen LogP contribution in [0.5, 0.6) is 0 Å². The van der Waals surface area contributed by atoms with Gasteiger partial charge < -0.3 is 5.73 Å². The summed E-state index contributed by atoms with van der Waals surface area (Å²) in [4.78, 5) is 10.9. The average Bonchev–Trinajstić information content (AvgIpc) is 2.71. The monoisotopic (exact) mass is 253 g/mol. The fraction of sp³-hybridized carbons (Fsp3) is 0.0909. The quantitative estimate of drug-likeness (QED) is 0.907. The summed E-state index contributed by atoms with van der Waals surface area (Å²) in [5.74, 6) is -0.932. The number of carbonyl (C=O) groups excluding carboxylic acids is 1. The smallest absolute Gasteiger partial charge is 0.251 e. The van der Waals surface area contributed by atoms with E-state index in [2.05, 4.69) is 5.10 Å². The van der Waals surface area contributed by atoms with Crippen LogP contribution in [0.3, 0.4) is 0 Å². The lowest BCUT2D eigenvalue weighted by atomic mass is 10.2. The maximum Gasteiger partial charge on any atom is 0.251 e. The van der Waals surface area contributed by atoms with Crippen molar-refractivity contribution in [2.75, 3.05) is 0 Å². The second-order valence-corrected chi connectivity index (χ2v) is 3.93. The third kappa shape index (κ3) is 2.62. The Balaban J connectivity index is 2.22. The number of rotatable bonds is 3. The van der Waals surface area contributed by atoms with Crippen LogP contribution in [-0.4, -0.2) is 15.7 Å². The molecule has 0 aliphatic carbocycles. The van der Waals surface area contributed by atoms with E-state index < -0.39 is 11.7 Å². The van der Waals surface area contributed by atoms with Gasteiger partial charge in [0.2, 0.25) is 0 Å². The number of hydrogen-bond donors (Lipinski definition) is 1. The molecule has 88 valence electrons. The third-order valence-electron chi connectivity index (χ3n) is 2.27. The molecule has 0 unspecified atom stereocenters. The summed E-state index contributed by atoms with van der Waals surface area (Å²) in [6, 6.07) is 4.12. The zero-order valence-electron chi connectivity index (χ0n) is 8.73. The van der Waals surface area contributed by atoms with Crippen molar-refractivity contribution in [1.29, 1.82) is 0 Å². The zero-order valence-corrected chi connectivity index (χ0v) is 9.49. The Morgan fingerprint density at radius 3 is 2.88 bits per heavy atom. The van der Waals surface area contributed by atoms with Gasteiger partial charge in [-0.3, -0.25) is 9.48 Å². The van der Waals surface area contributed by atoms with Gasteiger partial charge in [-0.1, -0.05) is 17.7 Å². The van der Waals surface area contributed by atoms with Gasteiger partial charge in [0, 0.05) is 11.2 Å². The van der Waals surface area contributed by atoms with Gasteiger partial charge in [0.1, 0.15) is 5.82 Å². The summed E-state index contributed by atoms with van der Waals surface area (Å²) >= 11 is 5.88. The van der Waals surface area contributed by atoms with E-state index in [1.807, 2.05) is 0 Å². The largest absolute Gasteiger partial charge is 0.366 e. The number of carbonyl (C=O) groups is 1. The Hall–Kier alpha value is -1.88. The maximum absolute atomic E-state index is 12.8. The Kier molecular flexibility index (Phi) is 3.10. The first-order valence-electron chi connectivity index (χ1n) is 4.82. The van der Waals surface area contributed by atoms with Gasteiger partial charge >= 0.3 is 0 Å². The maximum atomic E-state index is 12.8. The topological polar surface area (TPSA) is 60.9 Å². The molecule has 0 spiro atoms. The lowest BCUT2D eigenvalue weighted by Crippen LogP contribution is -2.09. The minimum Gasteiger partial charge on any atom is -0.366 e.